The quantitative estimate of drug-likeness (QED) is 0.222. The molecular weight excluding hydrogens is 501 g/mol. The average molecular weight is 528 g/mol. The van der Waals surface area contributed by atoms with Crippen molar-refractivity contribution in [3.63, 3.8) is 0 Å². The maximum Gasteiger partial charge on any atom is 0.326 e. The van der Waals surface area contributed by atoms with E-state index >= 15 is 0 Å². The van der Waals surface area contributed by atoms with Gasteiger partial charge < -0.3 is 15.7 Å². The maximum atomic E-state index is 14.8. The smallest absolute Gasteiger partial charge is 0.326 e. The third kappa shape index (κ3) is 6.38. The second kappa shape index (κ2) is 11.5. The van der Waals surface area contributed by atoms with Crippen LogP contribution in [0.25, 0.3) is 21.3 Å². The Bertz CT molecular complexity index is 1390. The summed E-state index contributed by atoms with van der Waals surface area (Å²) < 4.78 is 15.7. The number of carbonyl (C=O) groups is 2. The monoisotopic (exact) mass is 527 g/mol. The molecule has 0 saturated carbocycles. The molecular formula is C27H27ClFN3O3S. The standard InChI is InChI=1S/C26H23ClFN3O3S.CH4/c1-14(2)11-22(25(33)34)29-24(32)16-5-3-15(4-6-16)17-7-9-20(19(28)12-17)30-26-31-21-10-8-18(27)13-23(21)35-26;/h3-10,12-14,22H,11H2,1-2H3,(H,29,32)(H,30,31)(H,33,34);1H4/t22-;/m0./s1. The molecule has 6 nitrogen and oxygen atoms in total. The first kappa shape index (κ1) is 27.1. The van der Waals surface area contributed by atoms with E-state index in [1.54, 1.807) is 42.5 Å². The number of nitrogens with one attached hydrogen (secondary N) is 2. The molecule has 0 aliphatic carbocycles. The van der Waals surface area contributed by atoms with E-state index in [-0.39, 0.29) is 13.3 Å². The molecule has 9 heteroatoms. The van der Waals surface area contributed by atoms with Gasteiger partial charge in [0.2, 0.25) is 0 Å². The van der Waals surface area contributed by atoms with Gasteiger partial charge in [-0.05, 0) is 65.9 Å². The number of rotatable bonds is 8. The van der Waals surface area contributed by atoms with Gasteiger partial charge in [-0.25, -0.2) is 14.2 Å². The van der Waals surface area contributed by atoms with Crippen molar-refractivity contribution in [1.29, 1.82) is 0 Å². The minimum absolute atomic E-state index is 0. The fraction of sp³-hybridized carbons (Fsp3) is 0.222. The SMILES string of the molecule is C.CC(C)C[C@H](NC(=O)c1ccc(-c2ccc(Nc3nc4ccc(Cl)cc4s3)c(F)c2)cc1)C(=O)O. The van der Waals surface area contributed by atoms with E-state index in [1.807, 2.05) is 26.0 Å². The number of carboxylic acids is 1. The van der Waals surface area contributed by atoms with Gasteiger partial charge in [-0.3, -0.25) is 4.79 Å². The lowest BCUT2D eigenvalue weighted by molar-refractivity contribution is -0.139. The van der Waals surface area contributed by atoms with Crippen molar-refractivity contribution in [2.45, 2.75) is 33.7 Å². The molecule has 1 amide bonds. The van der Waals surface area contributed by atoms with Crippen LogP contribution >= 0.6 is 22.9 Å². The van der Waals surface area contributed by atoms with Gasteiger partial charge in [0.1, 0.15) is 11.9 Å². The summed E-state index contributed by atoms with van der Waals surface area (Å²) in [5, 5.41) is 16.1. The molecule has 3 N–H and O–H groups in total. The third-order valence-electron chi connectivity index (χ3n) is 5.35. The number of hydrogen-bond acceptors (Lipinski definition) is 5. The number of aliphatic carboxylic acids is 1. The minimum atomic E-state index is -1.07. The molecule has 0 saturated heterocycles. The Morgan fingerprint density at radius 3 is 2.39 bits per heavy atom. The molecule has 1 atom stereocenters. The number of halogens is 2. The minimum Gasteiger partial charge on any atom is -0.480 e. The molecule has 0 radical (unpaired) electrons. The van der Waals surface area contributed by atoms with E-state index in [0.717, 1.165) is 15.8 Å². The number of carboxylic acid groups (broad SMARTS) is 1. The number of fused-ring (bicyclic) bond motifs is 1. The Morgan fingerprint density at radius 2 is 1.75 bits per heavy atom. The first-order valence-corrected chi connectivity index (χ1v) is 12.2. The highest BCUT2D eigenvalue weighted by Crippen LogP contribution is 2.32. The highest BCUT2D eigenvalue weighted by molar-refractivity contribution is 7.22. The number of carbonyl (C=O) groups excluding carboxylic acids is 1. The number of nitrogens with zero attached hydrogens (tertiary/aromatic N) is 1. The Balaban J connectivity index is 0.00000361. The summed E-state index contributed by atoms with van der Waals surface area (Å²) in [7, 11) is 0. The zero-order valence-electron chi connectivity index (χ0n) is 19.0. The van der Waals surface area contributed by atoms with E-state index in [9.17, 15) is 19.1 Å². The predicted molar refractivity (Wildman–Crippen MR) is 145 cm³/mol. The van der Waals surface area contributed by atoms with Gasteiger partial charge in [-0.1, -0.05) is 62.4 Å². The van der Waals surface area contributed by atoms with E-state index in [0.29, 0.717) is 33.4 Å². The summed E-state index contributed by atoms with van der Waals surface area (Å²) in [4.78, 5) is 28.4. The second-order valence-electron chi connectivity index (χ2n) is 8.52. The van der Waals surface area contributed by atoms with Gasteiger partial charge in [0.05, 0.1) is 15.9 Å². The molecule has 1 heterocycles. The molecule has 4 rings (SSSR count). The number of thiazole rings is 1. The first-order valence-electron chi connectivity index (χ1n) is 11.0. The average Bonchev–Trinajstić information content (AvgIpc) is 3.21. The highest BCUT2D eigenvalue weighted by Gasteiger charge is 2.21. The van der Waals surface area contributed by atoms with Crippen LogP contribution in [-0.2, 0) is 4.79 Å². The summed E-state index contributed by atoms with van der Waals surface area (Å²) >= 11 is 7.40. The van der Waals surface area contributed by atoms with E-state index < -0.39 is 23.7 Å². The van der Waals surface area contributed by atoms with Crippen LogP contribution in [-0.4, -0.2) is 28.0 Å². The fourth-order valence-corrected chi connectivity index (χ4v) is 4.77. The third-order valence-corrected chi connectivity index (χ3v) is 6.52. The van der Waals surface area contributed by atoms with Crippen molar-refractivity contribution in [1.82, 2.24) is 10.3 Å². The number of anilines is 2. The molecule has 36 heavy (non-hydrogen) atoms. The van der Waals surface area contributed by atoms with Crippen LogP contribution in [0.15, 0.2) is 60.7 Å². The van der Waals surface area contributed by atoms with Gasteiger partial charge in [0, 0.05) is 10.6 Å². The summed E-state index contributed by atoms with van der Waals surface area (Å²) in [5.74, 6) is -1.85. The molecule has 0 bridgehead atoms. The predicted octanol–water partition coefficient (Wildman–Crippen LogP) is 7.36. The van der Waals surface area contributed by atoms with Crippen LogP contribution in [0.2, 0.25) is 5.02 Å². The Labute approximate surface area is 218 Å². The van der Waals surface area contributed by atoms with Crippen LogP contribution in [0.1, 0.15) is 38.1 Å². The number of amides is 1. The molecule has 0 aliphatic rings. The molecule has 0 aliphatic heterocycles. The highest BCUT2D eigenvalue weighted by atomic mass is 35.5. The largest absolute Gasteiger partial charge is 0.480 e. The van der Waals surface area contributed by atoms with E-state index in [4.69, 9.17) is 11.6 Å². The lowest BCUT2D eigenvalue weighted by Gasteiger charge is -2.16. The number of aromatic nitrogens is 1. The Morgan fingerprint density at radius 1 is 1.06 bits per heavy atom. The molecule has 1 aromatic heterocycles. The molecule has 0 fully saturated rings. The lowest BCUT2D eigenvalue weighted by atomic mass is 10.0. The summed E-state index contributed by atoms with van der Waals surface area (Å²) in [5.41, 5.74) is 2.76. The van der Waals surface area contributed by atoms with Crippen LogP contribution in [0.4, 0.5) is 15.2 Å². The van der Waals surface area contributed by atoms with Crippen molar-refractivity contribution in [3.8, 4) is 11.1 Å². The lowest BCUT2D eigenvalue weighted by Crippen LogP contribution is -2.41. The first-order chi connectivity index (χ1) is 16.7. The summed E-state index contributed by atoms with van der Waals surface area (Å²) in [6.45, 7) is 3.79. The van der Waals surface area contributed by atoms with Crippen LogP contribution in [0, 0.1) is 11.7 Å². The summed E-state index contributed by atoms with van der Waals surface area (Å²) in [6, 6.07) is 15.8. The van der Waals surface area contributed by atoms with Crippen LogP contribution < -0.4 is 10.6 Å². The van der Waals surface area contributed by atoms with Gasteiger partial charge in [-0.15, -0.1) is 0 Å². The van der Waals surface area contributed by atoms with Crippen molar-refractivity contribution in [2.75, 3.05) is 5.32 Å². The molecule has 4 aromatic rings. The van der Waals surface area contributed by atoms with Gasteiger partial charge in [0.25, 0.3) is 5.91 Å². The Kier molecular flexibility index (Phi) is 8.66. The number of benzene rings is 3. The van der Waals surface area contributed by atoms with E-state index in [2.05, 4.69) is 15.6 Å². The maximum absolute atomic E-state index is 14.8. The zero-order chi connectivity index (χ0) is 25.1. The zero-order valence-corrected chi connectivity index (χ0v) is 20.6. The topological polar surface area (TPSA) is 91.3 Å². The van der Waals surface area contributed by atoms with Crippen LogP contribution in [0.3, 0.4) is 0 Å². The van der Waals surface area contributed by atoms with Gasteiger partial charge in [-0.2, -0.15) is 0 Å². The molecule has 3 aromatic carbocycles. The van der Waals surface area contributed by atoms with Crippen molar-refractivity contribution >= 4 is 55.8 Å². The molecule has 0 unspecified atom stereocenters. The fourth-order valence-electron chi connectivity index (χ4n) is 3.61. The summed E-state index contributed by atoms with van der Waals surface area (Å²) in [6.07, 6.45) is 0.337. The van der Waals surface area contributed by atoms with E-state index in [1.165, 1.54) is 17.4 Å². The van der Waals surface area contributed by atoms with Gasteiger partial charge >= 0.3 is 5.97 Å². The van der Waals surface area contributed by atoms with Crippen molar-refractivity contribution < 1.29 is 19.1 Å². The molecule has 188 valence electrons. The van der Waals surface area contributed by atoms with Crippen molar-refractivity contribution in [3.05, 3.63) is 77.1 Å². The van der Waals surface area contributed by atoms with Gasteiger partial charge in [0.15, 0.2) is 5.13 Å². The number of hydrogen-bond donors (Lipinski definition) is 3. The van der Waals surface area contributed by atoms with Crippen LogP contribution in [0.5, 0.6) is 0 Å². The normalized spacial score (nSPS) is 11.7. The second-order valence-corrected chi connectivity index (χ2v) is 9.99. The van der Waals surface area contributed by atoms with Crippen molar-refractivity contribution in [2.24, 2.45) is 5.92 Å². The Hall–Kier alpha value is -3.49. The molecule has 0 spiro atoms.